The van der Waals surface area contributed by atoms with Gasteiger partial charge in [0, 0.05) is 44.1 Å². The molecule has 6 heteroatoms. The van der Waals surface area contributed by atoms with Crippen molar-refractivity contribution in [3.63, 3.8) is 0 Å². The van der Waals surface area contributed by atoms with Crippen molar-refractivity contribution >= 4 is 17.5 Å². The quantitative estimate of drug-likeness (QED) is 0.769. The number of nitrogens with one attached hydrogen (secondary N) is 1. The highest BCUT2D eigenvalue weighted by Crippen LogP contribution is 2.35. The monoisotopic (exact) mass is 317 g/mol. The normalized spacial score (nSPS) is 23.1. The first-order chi connectivity index (χ1) is 11.0. The fraction of sp³-hybridized carbons (Fsp3) is 0.529. The summed E-state index contributed by atoms with van der Waals surface area (Å²) in [4.78, 5) is 26.2. The lowest BCUT2D eigenvalue weighted by Crippen LogP contribution is -2.50. The maximum absolute atomic E-state index is 12.6. The highest BCUT2D eigenvalue weighted by atomic mass is 16.3. The number of carbonyl (C=O) groups is 2. The second-order valence-electron chi connectivity index (χ2n) is 6.55. The Morgan fingerprint density at radius 1 is 1.35 bits per heavy atom. The molecule has 4 N–H and O–H groups in total. The van der Waals surface area contributed by atoms with Crippen LogP contribution in [-0.2, 0) is 9.59 Å². The first-order valence-electron chi connectivity index (χ1n) is 8.10. The number of fused-ring (bicyclic) bond motifs is 1. The summed E-state index contributed by atoms with van der Waals surface area (Å²) in [5, 5.41) is 13.0. The van der Waals surface area contributed by atoms with Gasteiger partial charge in [-0.1, -0.05) is 18.2 Å². The minimum Gasteiger partial charge on any atom is -0.388 e. The first kappa shape index (κ1) is 16.0. The molecule has 124 valence electrons. The van der Waals surface area contributed by atoms with Crippen LogP contribution in [0.3, 0.4) is 0 Å². The van der Waals surface area contributed by atoms with Crippen LogP contribution >= 0.6 is 0 Å². The lowest BCUT2D eigenvalue weighted by atomic mass is 9.86. The highest BCUT2D eigenvalue weighted by Gasteiger charge is 2.34. The number of nitrogens with two attached hydrogens (primary N) is 1. The van der Waals surface area contributed by atoms with E-state index in [-0.39, 0.29) is 24.3 Å². The summed E-state index contributed by atoms with van der Waals surface area (Å²) in [5.41, 5.74) is 6.57. The van der Waals surface area contributed by atoms with E-state index in [0.29, 0.717) is 38.8 Å². The van der Waals surface area contributed by atoms with Gasteiger partial charge in [0.2, 0.25) is 11.8 Å². The maximum Gasteiger partial charge on any atom is 0.225 e. The summed E-state index contributed by atoms with van der Waals surface area (Å²) in [6.45, 7) is 1.27. The molecule has 0 bridgehead atoms. The van der Waals surface area contributed by atoms with Gasteiger partial charge in [-0.15, -0.1) is 0 Å². The van der Waals surface area contributed by atoms with Crippen LogP contribution < -0.4 is 11.1 Å². The SMILES string of the molecule is NCC1(O)CCN(C(=O)CC2CC(=O)Nc3ccccc32)CC1. The van der Waals surface area contributed by atoms with E-state index in [9.17, 15) is 14.7 Å². The molecule has 6 nitrogen and oxygen atoms in total. The van der Waals surface area contributed by atoms with Gasteiger partial charge in [0.15, 0.2) is 0 Å². The van der Waals surface area contributed by atoms with Crippen molar-refractivity contribution < 1.29 is 14.7 Å². The molecule has 1 atom stereocenters. The summed E-state index contributed by atoms with van der Waals surface area (Å²) in [7, 11) is 0. The van der Waals surface area contributed by atoms with Crippen LogP contribution in [0.2, 0.25) is 0 Å². The number of rotatable bonds is 3. The van der Waals surface area contributed by atoms with Gasteiger partial charge in [0.25, 0.3) is 0 Å². The molecule has 3 rings (SSSR count). The Labute approximate surface area is 135 Å². The fourth-order valence-electron chi connectivity index (χ4n) is 3.40. The number of carbonyl (C=O) groups excluding carboxylic acids is 2. The minimum absolute atomic E-state index is 0.0403. The number of likely N-dealkylation sites (tertiary alicyclic amines) is 1. The molecule has 0 spiro atoms. The largest absolute Gasteiger partial charge is 0.388 e. The van der Waals surface area contributed by atoms with Gasteiger partial charge in [-0.2, -0.15) is 0 Å². The molecular weight excluding hydrogens is 294 g/mol. The molecule has 1 aromatic rings. The lowest BCUT2D eigenvalue weighted by Gasteiger charge is -2.38. The zero-order valence-electron chi connectivity index (χ0n) is 13.1. The molecule has 0 saturated carbocycles. The number of amides is 2. The van der Waals surface area contributed by atoms with E-state index in [1.165, 1.54) is 0 Å². The number of piperidine rings is 1. The van der Waals surface area contributed by atoms with Gasteiger partial charge in [-0.3, -0.25) is 9.59 Å². The van der Waals surface area contributed by atoms with Crippen molar-refractivity contribution in [1.82, 2.24) is 4.90 Å². The van der Waals surface area contributed by atoms with Crippen molar-refractivity contribution in [1.29, 1.82) is 0 Å². The molecule has 2 amide bonds. The molecule has 2 aliphatic rings. The van der Waals surface area contributed by atoms with Gasteiger partial charge in [0.1, 0.15) is 0 Å². The van der Waals surface area contributed by atoms with Crippen molar-refractivity contribution in [3.8, 4) is 0 Å². The van der Waals surface area contributed by atoms with E-state index in [1.807, 2.05) is 24.3 Å². The van der Waals surface area contributed by atoms with E-state index >= 15 is 0 Å². The van der Waals surface area contributed by atoms with Crippen LogP contribution in [0.5, 0.6) is 0 Å². The third-order valence-corrected chi connectivity index (χ3v) is 4.95. The van der Waals surface area contributed by atoms with Crippen LogP contribution in [0.15, 0.2) is 24.3 Å². The standard InChI is InChI=1S/C17H23N3O3/c18-11-17(23)5-7-20(8-6-17)16(22)10-12-9-15(21)19-14-4-2-1-3-13(12)14/h1-4,12,23H,5-11,18H2,(H,19,21). The van der Waals surface area contributed by atoms with Gasteiger partial charge in [-0.25, -0.2) is 0 Å². The number of nitrogens with zero attached hydrogens (tertiary/aromatic N) is 1. The average molecular weight is 317 g/mol. The van der Waals surface area contributed by atoms with Crippen molar-refractivity contribution in [2.24, 2.45) is 5.73 Å². The fourth-order valence-corrected chi connectivity index (χ4v) is 3.40. The Morgan fingerprint density at radius 2 is 2.04 bits per heavy atom. The summed E-state index contributed by atoms with van der Waals surface area (Å²) in [6.07, 6.45) is 1.68. The van der Waals surface area contributed by atoms with Gasteiger partial charge in [0.05, 0.1) is 5.60 Å². The predicted molar refractivity (Wildman–Crippen MR) is 86.9 cm³/mol. The third-order valence-electron chi connectivity index (χ3n) is 4.95. The highest BCUT2D eigenvalue weighted by molar-refractivity contribution is 5.95. The van der Waals surface area contributed by atoms with Crippen LogP contribution in [-0.4, -0.2) is 47.1 Å². The van der Waals surface area contributed by atoms with Crippen LogP contribution in [0.4, 0.5) is 5.69 Å². The Balaban J connectivity index is 1.66. The van der Waals surface area contributed by atoms with E-state index in [1.54, 1.807) is 4.90 Å². The Kier molecular flexibility index (Phi) is 4.37. The Morgan fingerprint density at radius 3 is 2.74 bits per heavy atom. The summed E-state index contributed by atoms with van der Waals surface area (Å²) < 4.78 is 0. The van der Waals surface area contributed by atoms with Crippen LogP contribution in [0.1, 0.15) is 37.2 Å². The predicted octanol–water partition coefficient (Wildman–Crippen LogP) is 0.815. The second-order valence-corrected chi connectivity index (χ2v) is 6.55. The molecule has 0 aromatic heterocycles. The molecule has 1 saturated heterocycles. The molecule has 0 radical (unpaired) electrons. The first-order valence-corrected chi connectivity index (χ1v) is 8.10. The Hall–Kier alpha value is -1.92. The summed E-state index contributed by atoms with van der Waals surface area (Å²) >= 11 is 0. The zero-order chi connectivity index (χ0) is 16.4. The van der Waals surface area contributed by atoms with E-state index in [0.717, 1.165) is 11.3 Å². The topological polar surface area (TPSA) is 95.7 Å². The molecule has 1 fully saturated rings. The molecule has 2 aliphatic heterocycles. The maximum atomic E-state index is 12.6. The lowest BCUT2D eigenvalue weighted by molar-refractivity contribution is -0.135. The number of aliphatic hydroxyl groups is 1. The van der Waals surface area contributed by atoms with Crippen molar-refractivity contribution in [3.05, 3.63) is 29.8 Å². The molecule has 1 unspecified atom stereocenters. The zero-order valence-corrected chi connectivity index (χ0v) is 13.1. The van der Waals surface area contributed by atoms with Gasteiger partial charge in [-0.05, 0) is 24.5 Å². The van der Waals surface area contributed by atoms with Gasteiger partial charge < -0.3 is 21.1 Å². The molecule has 0 aliphatic carbocycles. The molecule has 1 aromatic carbocycles. The van der Waals surface area contributed by atoms with Crippen LogP contribution in [0, 0.1) is 0 Å². The average Bonchev–Trinajstić information content (AvgIpc) is 2.55. The van der Waals surface area contributed by atoms with Crippen molar-refractivity contribution in [2.45, 2.75) is 37.2 Å². The number of benzene rings is 1. The smallest absolute Gasteiger partial charge is 0.225 e. The number of hydrogen-bond acceptors (Lipinski definition) is 4. The number of para-hydroxylation sites is 1. The number of anilines is 1. The summed E-state index contributed by atoms with van der Waals surface area (Å²) in [5.74, 6) is -0.0843. The number of hydrogen-bond donors (Lipinski definition) is 3. The molecule has 2 heterocycles. The molecule has 23 heavy (non-hydrogen) atoms. The van der Waals surface area contributed by atoms with Crippen molar-refractivity contribution in [2.75, 3.05) is 25.0 Å². The van der Waals surface area contributed by atoms with E-state index in [4.69, 9.17) is 5.73 Å². The van der Waals surface area contributed by atoms with Crippen LogP contribution in [0.25, 0.3) is 0 Å². The second kappa shape index (κ2) is 6.29. The van der Waals surface area contributed by atoms with Gasteiger partial charge >= 0.3 is 0 Å². The Bertz CT molecular complexity index is 609. The summed E-state index contributed by atoms with van der Waals surface area (Å²) in [6, 6.07) is 7.64. The van der Waals surface area contributed by atoms with E-state index in [2.05, 4.69) is 5.32 Å². The van der Waals surface area contributed by atoms with E-state index < -0.39 is 5.60 Å². The minimum atomic E-state index is -0.839. The molecular formula is C17H23N3O3. The third kappa shape index (κ3) is 3.38.